The summed E-state index contributed by atoms with van der Waals surface area (Å²) in [7, 11) is 3.11. The largest absolute Gasteiger partial charge is 0.493 e. The molecule has 0 saturated carbocycles. The summed E-state index contributed by atoms with van der Waals surface area (Å²) in [5, 5.41) is 2.83. The Bertz CT molecular complexity index is 1060. The van der Waals surface area contributed by atoms with Crippen molar-refractivity contribution >= 4 is 23.2 Å². The first kappa shape index (κ1) is 21.7. The number of ether oxygens (including phenoxy) is 2. The Kier molecular flexibility index (Phi) is 7.11. The van der Waals surface area contributed by atoms with E-state index in [1.165, 1.54) is 0 Å². The van der Waals surface area contributed by atoms with Crippen molar-refractivity contribution in [1.29, 1.82) is 0 Å². The summed E-state index contributed by atoms with van der Waals surface area (Å²) in [4.78, 5) is 24.7. The monoisotopic (exact) mass is 419 g/mol. The van der Waals surface area contributed by atoms with E-state index in [4.69, 9.17) is 9.47 Å². The second-order valence-corrected chi connectivity index (χ2v) is 6.89. The van der Waals surface area contributed by atoms with Crippen molar-refractivity contribution in [2.24, 2.45) is 0 Å². The molecule has 0 atom stereocenters. The SMILES string of the molecule is COc1ccc(CC(=O)Nc2ccc(C(=O)NNc3ccccc3C)cc2)cc1OC. The summed E-state index contributed by atoms with van der Waals surface area (Å²) in [5.41, 5.74) is 9.31. The summed E-state index contributed by atoms with van der Waals surface area (Å²) in [6.45, 7) is 1.95. The number of hydrazine groups is 1. The molecule has 0 aromatic heterocycles. The number of benzene rings is 3. The van der Waals surface area contributed by atoms with Crippen molar-refractivity contribution in [2.75, 3.05) is 25.0 Å². The van der Waals surface area contributed by atoms with Crippen LogP contribution in [0.2, 0.25) is 0 Å². The molecule has 0 bridgehead atoms. The molecule has 3 aromatic carbocycles. The molecule has 0 aliphatic carbocycles. The lowest BCUT2D eigenvalue weighted by atomic mass is 10.1. The quantitative estimate of drug-likeness (QED) is 0.481. The average molecular weight is 419 g/mol. The van der Waals surface area contributed by atoms with Gasteiger partial charge in [-0.1, -0.05) is 24.3 Å². The summed E-state index contributed by atoms with van der Waals surface area (Å²) in [6, 6.07) is 19.7. The van der Waals surface area contributed by atoms with Gasteiger partial charge in [-0.15, -0.1) is 0 Å². The van der Waals surface area contributed by atoms with Crippen LogP contribution < -0.4 is 25.6 Å². The molecule has 0 saturated heterocycles. The van der Waals surface area contributed by atoms with Gasteiger partial charge in [-0.05, 0) is 60.5 Å². The molecule has 0 aliphatic rings. The third-order valence-electron chi connectivity index (χ3n) is 4.70. The van der Waals surface area contributed by atoms with Crippen molar-refractivity contribution in [2.45, 2.75) is 13.3 Å². The van der Waals surface area contributed by atoms with Crippen molar-refractivity contribution in [1.82, 2.24) is 5.43 Å². The molecule has 0 heterocycles. The van der Waals surface area contributed by atoms with Crippen LogP contribution >= 0.6 is 0 Å². The molecule has 31 heavy (non-hydrogen) atoms. The van der Waals surface area contributed by atoms with E-state index in [2.05, 4.69) is 16.2 Å². The molecule has 160 valence electrons. The molecule has 0 unspecified atom stereocenters. The van der Waals surface area contributed by atoms with Crippen LogP contribution in [0, 0.1) is 6.92 Å². The fraction of sp³-hybridized carbons (Fsp3) is 0.167. The highest BCUT2D eigenvalue weighted by Crippen LogP contribution is 2.27. The van der Waals surface area contributed by atoms with Gasteiger partial charge in [0, 0.05) is 11.3 Å². The fourth-order valence-corrected chi connectivity index (χ4v) is 3.00. The Hall–Kier alpha value is -4.00. The zero-order chi connectivity index (χ0) is 22.2. The standard InChI is InChI=1S/C24H25N3O4/c1-16-6-4-5-7-20(16)26-27-24(29)18-9-11-19(12-10-18)25-23(28)15-17-8-13-21(30-2)22(14-17)31-3/h4-14,26H,15H2,1-3H3,(H,25,28)(H,27,29). The zero-order valence-electron chi connectivity index (χ0n) is 17.7. The number of hydrogen-bond acceptors (Lipinski definition) is 5. The lowest BCUT2D eigenvalue weighted by Crippen LogP contribution is -2.29. The molecule has 0 fully saturated rings. The first-order valence-corrected chi connectivity index (χ1v) is 9.73. The third kappa shape index (κ3) is 5.76. The van der Waals surface area contributed by atoms with Gasteiger partial charge in [0.15, 0.2) is 11.5 Å². The number of para-hydroxylation sites is 1. The van der Waals surface area contributed by atoms with Crippen LogP contribution in [0.4, 0.5) is 11.4 Å². The van der Waals surface area contributed by atoms with Crippen LogP contribution in [0.25, 0.3) is 0 Å². The topological polar surface area (TPSA) is 88.7 Å². The van der Waals surface area contributed by atoms with Gasteiger partial charge < -0.3 is 14.8 Å². The van der Waals surface area contributed by atoms with Gasteiger partial charge >= 0.3 is 0 Å². The minimum absolute atomic E-state index is 0.175. The lowest BCUT2D eigenvalue weighted by molar-refractivity contribution is -0.115. The number of rotatable bonds is 8. The Morgan fingerprint density at radius 3 is 2.26 bits per heavy atom. The van der Waals surface area contributed by atoms with Crippen molar-refractivity contribution in [3.8, 4) is 11.5 Å². The van der Waals surface area contributed by atoms with E-state index >= 15 is 0 Å². The Morgan fingerprint density at radius 2 is 1.58 bits per heavy atom. The molecule has 7 heteroatoms. The minimum atomic E-state index is -0.272. The molecule has 3 N–H and O–H groups in total. The number of aryl methyl sites for hydroxylation is 1. The predicted octanol–water partition coefficient (Wildman–Crippen LogP) is 3.95. The van der Waals surface area contributed by atoms with Gasteiger partial charge in [-0.3, -0.25) is 20.4 Å². The number of hydrogen-bond donors (Lipinski definition) is 3. The Labute approximate surface area is 181 Å². The van der Waals surface area contributed by atoms with Gasteiger partial charge in [0.05, 0.1) is 26.3 Å². The first-order valence-electron chi connectivity index (χ1n) is 9.73. The van der Waals surface area contributed by atoms with E-state index in [0.29, 0.717) is 22.7 Å². The van der Waals surface area contributed by atoms with Crippen LogP contribution in [0.5, 0.6) is 11.5 Å². The van der Waals surface area contributed by atoms with Crippen LogP contribution in [0.15, 0.2) is 66.7 Å². The highest BCUT2D eigenvalue weighted by atomic mass is 16.5. The molecule has 7 nitrogen and oxygen atoms in total. The molecular formula is C24H25N3O4. The first-order chi connectivity index (χ1) is 15.0. The third-order valence-corrected chi connectivity index (χ3v) is 4.70. The van der Waals surface area contributed by atoms with Gasteiger partial charge in [-0.2, -0.15) is 0 Å². The maximum absolute atomic E-state index is 12.4. The fourth-order valence-electron chi connectivity index (χ4n) is 3.00. The summed E-state index contributed by atoms with van der Waals surface area (Å²) < 4.78 is 10.5. The second kappa shape index (κ2) is 10.2. The number of carbonyl (C=O) groups is 2. The molecule has 0 aliphatic heterocycles. The summed E-state index contributed by atoms with van der Waals surface area (Å²) in [6.07, 6.45) is 0.183. The Balaban J connectivity index is 1.55. The Morgan fingerprint density at radius 1 is 0.871 bits per heavy atom. The number of methoxy groups -OCH3 is 2. The lowest BCUT2D eigenvalue weighted by Gasteiger charge is -2.11. The molecule has 2 amide bonds. The van der Waals surface area contributed by atoms with Crippen LogP contribution in [-0.4, -0.2) is 26.0 Å². The summed E-state index contributed by atoms with van der Waals surface area (Å²) >= 11 is 0. The van der Waals surface area contributed by atoms with Gasteiger partial charge in [-0.25, -0.2) is 0 Å². The number of anilines is 2. The molecule has 0 spiro atoms. The predicted molar refractivity (Wildman–Crippen MR) is 121 cm³/mol. The molecule has 3 aromatic rings. The van der Waals surface area contributed by atoms with E-state index in [0.717, 1.165) is 16.8 Å². The minimum Gasteiger partial charge on any atom is -0.493 e. The van der Waals surface area contributed by atoms with E-state index in [9.17, 15) is 9.59 Å². The summed E-state index contributed by atoms with van der Waals surface area (Å²) in [5.74, 6) is 0.733. The average Bonchev–Trinajstić information content (AvgIpc) is 2.78. The van der Waals surface area contributed by atoms with Crippen LogP contribution in [0.1, 0.15) is 21.5 Å². The number of amides is 2. The van der Waals surface area contributed by atoms with E-state index < -0.39 is 0 Å². The van der Waals surface area contributed by atoms with Gasteiger partial charge in [0.2, 0.25) is 5.91 Å². The maximum Gasteiger partial charge on any atom is 0.269 e. The second-order valence-electron chi connectivity index (χ2n) is 6.89. The molecule has 0 radical (unpaired) electrons. The van der Waals surface area contributed by atoms with Crippen LogP contribution in [0.3, 0.4) is 0 Å². The van der Waals surface area contributed by atoms with E-state index in [1.54, 1.807) is 50.6 Å². The van der Waals surface area contributed by atoms with E-state index in [1.807, 2.05) is 37.3 Å². The zero-order valence-corrected chi connectivity index (χ0v) is 17.7. The van der Waals surface area contributed by atoms with E-state index in [-0.39, 0.29) is 18.2 Å². The van der Waals surface area contributed by atoms with Crippen molar-refractivity contribution in [3.63, 3.8) is 0 Å². The van der Waals surface area contributed by atoms with Gasteiger partial charge in [0.25, 0.3) is 5.91 Å². The molecular weight excluding hydrogens is 394 g/mol. The smallest absolute Gasteiger partial charge is 0.269 e. The maximum atomic E-state index is 12.4. The normalized spacial score (nSPS) is 10.2. The number of nitrogens with one attached hydrogen (secondary N) is 3. The number of carbonyl (C=O) groups excluding carboxylic acids is 2. The molecule has 3 rings (SSSR count). The van der Waals surface area contributed by atoms with Crippen molar-refractivity contribution in [3.05, 3.63) is 83.4 Å². The van der Waals surface area contributed by atoms with Crippen LogP contribution in [-0.2, 0) is 11.2 Å². The highest BCUT2D eigenvalue weighted by molar-refractivity contribution is 5.96. The highest BCUT2D eigenvalue weighted by Gasteiger charge is 2.10. The van der Waals surface area contributed by atoms with Gasteiger partial charge in [0.1, 0.15) is 0 Å². The van der Waals surface area contributed by atoms with Crippen molar-refractivity contribution < 1.29 is 19.1 Å².